The van der Waals surface area contributed by atoms with Crippen molar-refractivity contribution in [3.05, 3.63) is 102 Å². The minimum Gasteiger partial charge on any atom is -0.645 e. The van der Waals surface area contributed by atoms with Crippen molar-refractivity contribution in [2.24, 2.45) is 5.41 Å². The number of hydrogen-bond acceptors (Lipinski definition) is 2. The second-order valence-electron chi connectivity index (χ2n) is 7.62. The van der Waals surface area contributed by atoms with E-state index < -0.39 is 0 Å². The van der Waals surface area contributed by atoms with E-state index in [4.69, 9.17) is 0 Å². The summed E-state index contributed by atoms with van der Waals surface area (Å²) in [6, 6.07) is 24.7. The molecule has 0 aliphatic carbocycles. The average molecular weight is 414 g/mol. The second-order valence-corrected chi connectivity index (χ2v) is 7.62. The molecule has 2 nitrogen and oxygen atoms in total. The maximum Gasteiger partial charge on any atom is 0.109 e. The van der Waals surface area contributed by atoms with Crippen molar-refractivity contribution in [3.63, 3.8) is 0 Å². The van der Waals surface area contributed by atoms with E-state index in [2.05, 4.69) is 20.8 Å². The first-order valence-electron chi connectivity index (χ1n) is 9.09. The molecule has 0 atom stereocenters. The number of carbonyl (C=O) groups is 2. The number of allylic oxidation sites excluding steroid dienone is 1. The van der Waals surface area contributed by atoms with Gasteiger partial charge in [-0.15, -0.1) is 0 Å². The number of ketones is 2. The van der Waals surface area contributed by atoms with Crippen molar-refractivity contribution in [3.8, 4) is 0 Å². The Hall–Kier alpha value is -2.48. The molecule has 0 aliphatic heterocycles. The predicted octanol–water partition coefficient (Wildman–Crippen LogP) is 6.32. The molecule has 0 heterocycles. The van der Waals surface area contributed by atoms with Gasteiger partial charge in [0.2, 0.25) is 0 Å². The average Bonchev–Trinajstić information content (AvgIpc) is 3.33. The summed E-state index contributed by atoms with van der Waals surface area (Å²) in [6.45, 7) is 6.23. The largest absolute Gasteiger partial charge is 0.645 e. The van der Waals surface area contributed by atoms with Crippen molar-refractivity contribution < 1.29 is 26.7 Å². The van der Waals surface area contributed by atoms with Crippen LogP contribution < -0.4 is 0 Å². The summed E-state index contributed by atoms with van der Waals surface area (Å²) in [7, 11) is 0. The molecular formula is C25H26FeO2-6. The molecule has 3 rings (SSSR count). The van der Waals surface area contributed by atoms with Gasteiger partial charge in [-0.2, -0.15) is 18.2 Å². The Morgan fingerprint density at radius 3 is 2.07 bits per heavy atom. The molecule has 28 heavy (non-hydrogen) atoms. The van der Waals surface area contributed by atoms with Gasteiger partial charge in [-0.05, 0) is 5.41 Å². The molecule has 0 radical (unpaired) electrons. The van der Waals surface area contributed by atoms with E-state index in [1.807, 2.05) is 84.9 Å². The van der Waals surface area contributed by atoms with Crippen LogP contribution in [0, 0.1) is 5.41 Å². The molecule has 0 aliphatic rings. The van der Waals surface area contributed by atoms with Gasteiger partial charge in [0.25, 0.3) is 0 Å². The van der Waals surface area contributed by atoms with Gasteiger partial charge in [0.15, 0.2) is 0 Å². The Bertz CT molecular complexity index is 849. The van der Waals surface area contributed by atoms with E-state index in [1.165, 1.54) is 0 Å². The van der Waals surface area contributed by atoms with Gasteiger partial charge in [-0.25, -0.2) is 12.1 Å². The van der Waals surface area contributed by atoms with Crippen LogP contribution >= 0.6 is 0 Å². The molecule has 0 spiro atoms. The van der Waals surface area contributed by atoms with Crippen LogP contribution in [-0.2, 0) is 17.1 Å². The maximum atomic E-state index is 11.6. The van der Waals surface area contributed by atoms with Gasteiger partial charge < -0.3 is 51.3 Å². The fraction of sp³-hybridized carbons (Fsp3) is 0.200. The third-order valence-electron chi connectivity index (χ3n) is 3.85. The predicted molar refractivity (Wildman–Crippen MR) is 112 cm³/mol. The van der Waals surface area contributed by atoms with Crippen LogP contribution in [0.2, 0.25) is 0 Å². The molecule has 3 aromatic rings. The van der Waals surface area contributed by atoms with E-state index in [1.54, 1.807) is 6.08 Å². The normalized spacial score (nSPS) is 10.7. The molecular weight excluding hydrogens is 388 g/mol. The second kappa shape index (κ2) is 11.4. The number of carbonyl (C=O) groups excluding carboxylic acids is 2. The van der Waals surface area contributed by atoms with Gasteiger partial charge in [-0.3, -0.25) is 0 Å². The number of rotatable bonds is 5. The first-order chi connectivity index (χ1) is 12.8. The third-order valence-corrected chi connectivity index (χ3v) is 3.85. The van der Waals surface area contributed by atoms with Crippen molar-refractivity contribution >= 4 is 17.6 Å². The molecule has 0 aromatic heterocycles. The van der Waals surface area contributed by atoms with E-state index >= 15 is 0 Å². The fourth-order valence-electron chi connectivity index (χ4n) is 2.51. The maximum absolute atomic E-state index is 11.6. The summed E-state index contributed by atoms with van der Waals surface area (Å²) >= 11 is 0. The zero-order valence-electron chi connectivity index (χ0n) is 16.5. The van der Waals surface area contributed by atoms with Gasteiger partial charge >= 0.3 is 0 Å². The van der Waals surface area contributed by atoms with Crippen LogP contribution in [0.1, 0.15) is 53.5 Å². The minimum atomic E-state index is 0. The van der Waals surface area contributed by atoms with E-state index in [9.17, 15) is 9.59 Å². The van der Waals surface area contributed by atoms with Gasteiger partial charge in [0.1, 0.15) is 5.78 Å². The molecule has 3 aromatic carbocycles. The van der Waals surface area contributed by atoms with Crippen molar-refractivity contribution in [2.45, 2.75) is 27.2 Å². The van der Waals surface area contributed by atoms with Crippen LogP contribution in [0.4, 0.5) is 0 Å². The summed E-state index contributed by atoms with van der Waals surface area (Å²) in [4.78, 5) is 23.1. The molecule has 3 heteroatoms. The molecule has 0 N–H and O–H groups in total. The molecule has 152 valence electrons. The number of Topliss-reactive ketones (excluding diaryl/α,β-unsaturated/α-hetero) is 1. The molecule has 0 unspecified atom stereocenters. The van der Waals surface area contributed by atoms with E-state index in [-0.39, 0.29) is 34.1 Å². The van der Waals surface area contributed by atoms with Crippen LogP contribution in [0.5, 0.6) is 0 Å². The summed E-state index contributed by atoms with van der Waals surface area (Å²) in [5, 5.41) is 0. The van der Waals surface area contributed by atoms with Crippen LogP contribution in [0.25, 0.3) is 6.08 Å². The standard InChI is InChI=1S/C14H11O.C11H15O.Fe/c15-14(13-8-4-5-9-13)11-10-12-6-2-1-3-7-12;1-11(2,3)8-10(12)9-6-4-5-7-9;/h1-11H;4-7H,8H2,1-3H3;/q-5;-1;. The Morgan fingerprint density at radius 2 is 1.54 bits per heavy atom. The Kier molecular flexibility index (Phi) is 9.58. The monoisotopic (exact) mass is 414 g/mol. The topological polar surface area (TPSA) is 34.1 Å². The zero-order valence-corrected chi connectivity index (χ0v) is 17.6. The van der Waals surface area contributed by atoms with Crippen molar-refractivity contribution in [1.82, 2.24) is 0 Å². The smallest absolute Gasteiger partial charge is 0.109 e. The Morgan fingerprint density at radius 1 is 0.964 bits per heavy atom. The summed E-state index contributed by atoms with van der Waals surface area (Å²) in [6.07, 6.45) is 4.05. The minimum absolute atomic E-state index is 0. The SMILES string of the molecule is CC(C)(C)CC(=O)[c-]1cccc1.O=C(C=Cc1ccccc1)[c-]1[cH-][cH-][cH-][cH-]1.[Fe]. The van der Waals surface area contributed by atoms with Crippen LogP contribution in [-0.4, -0.2) is 11.6 Å². The Balaban J connectivity index is 0.000000277. The van der Waals surface area contributed by atoms with E-state index in [0.717, 1.165) is 16.7 Å². The fourth-order valence-corrected chi connectivity index (χ4v) is 2.51. The molecule has 0 fully saturated rings. The Labute approximate surface area is 178 Å². The first-order valence-corrected chi connectivity index (χ1v) is 9.09. The molecule has 0 saturated carbocycles. The van der Waals surface area contributed by atoms with Crippen LogP contribution in [0.3, 0.4) is 0 Å². The summed E-state index contributed by atoms with van der Waals surface area (Å²) in [5.74, 6) is 0.288. The van der Waals surface area contributed by atoms with Crippen LogP contribution in [0.15, 0.2) is 84.9 Å². The third kappa shape index (κ3) is 8.47. The summed E-state index contributed by atoms with van der Waals surface area (Å²) < 4.78 is 0. The van der Waals surface area contributed by atoms with Crippen molar-refractivity contribution in [2.75, 3.05) is 0 Å². The number of hydrogen-bond donors (Lipinski definition) is 0. The quantitative estimate of drug-likeness (QED) is 0.212. The number of benzene rings is 1. The summed E-state index contributed by atoms with van der Waals surface area (Å²) in [5.41, 5.74) is 2.71. The van der Waals surface area contributed by atoms with Gasteiger partial charge in [0.05, 0.1) is 0 Å². The van der Waals surface area contributed by atoms with Gasteiger partial charge in [0, 0.05) is 23.5 Å². The zero-order chi connectivity index (χ0) is 19.7. The molecule has 0 amide bonds. The molecule has 0 saturated heterocycles. The van der Waals surface area contributed by atoms with Crippen molar-refractivity contribution in [1.29, 1.82) is 0 Å². The molecule has 0 bridgehead atoms. The first kappa shape index (κ1) is 23.6. The van der Waals surface area contributed by atoms with Gasteiger partial charge in [-0.1, -0.05) is 62.2 Å². The van der Waals surface area contributed by atoms with E-state index in [0.29, 0.717) is 6.42 Å².